The fourth-order valence-electron chi connectivity index (χ4n) is 2.57. The monoisotopic (exact) mass is 343 g/mol. The van der Waals surface area contributed by atoms with Gasteiger partial charge in [-0.3, -0.25) is 4.98 Å². The fourth-order valence-corrected chi connectivity index (χ4v) is 3.80. The third-order valence-corrected chi connectivity index (χ3v) is 4.88. The molecule has 0 bridgehead atoms. The molecule has 18 heavy (non-hydrogen) atoms. The maximum atomic E-state index is 6.58. The number of fused-ring (bicyclic) bond motifs is 2. The van der Waals surface area contributed by atoms with E-state index in [1.807, 2.05) is 12.1 Å². The maximum Gasteiger partial charge on any atom is 0.0918 e. The van der Waals surface area contributed by atoms with E-state index in [2.05, 4.69) is 15.9 Å². The van der Waals surface area contributed by atoms with Crippen LogP contribution in [0.15, 0.2) is 16.6 Å². The Balaban J connectivity index is 2.38. The molecule has 1 heterocycles. The van der Waals surface area contributed by atoms with Gasteiger partial charge in [-0.15, -0.1) is 0 Å². The van der Waals surface area contributed by atoms with Crippen LogP contribution in [-0.2, 0) is 12.8 Å². The third kappa shape index (κ3) is 2.04. The van der Waals surface area contributed by atoms with Gasteiger partial charge in [0.2, 0.25) is 0 Å². The van der Waals surface area contributed by atoms with E-state index in [0.29, 0.717) is 5.02 Å². The average Bonchev–Trinajstić information content (AvgIpc) is 2.59. The predicted octanol–water partition coefficient (Wildman–Crippen LogP) is 5.57. The van der Waals surface area contributed by atoms with Gasteiger partial charge in [-0.25, -0.2) is 0 Å². The Morgan fingerprint density at radius 2 is 1.83 bits per heavy atom. The van der Waals surface area contributed by atoms with Crippen LogP contribution in [0.3, 0.4) is 0 Å². The summed E-state index contributed by atoms with van der Waals surface area (Å²) in [5.41, 5.74) is 3.16. The quantitative estimate of drug-likeness (QED) is 0.569. The first-order chi connectivity index (χ1) is 8.68. The van der Waals surface area contributed by atoms with Crippen molar-refractivity contribution in [1.29, 1.82) is 0 Å². The lowest BCUT2D eigenvalue weighted by molar-refractivity contribution is 0.709. The maximum absolute atomic E-state index is 6.58. The van der Waals surface area contributed by atoms with Gasteiger partial charge in [-0.2, -0.15) is 0 Å². The van der Waals surface area contributed by atoms with Crippen LogP contribution in [0, 0.1) is 0 Å². The molecule has 0 N–H and O–H groups in total. The van der Waals surface area contributed by atoms with Crippen LogP contribution in [0.2, 0.25) is 10.0 Å². The molecule has 0 saturated heterocycles. The summed E-state index contributed by atoms with van der Waals surface area (Å²) in [5.74, 6) is 0. The standard InChI is InChI=1S/C14H12BrCl2N/c15-9-6-7-10(16)14-12(9)13(17)8-4-2-1-3-5-11(8)18-14/h6-7H,1-5H2. The smallest absolute Gasteiger partial charge is 0.0918 e. The predicted molar refractivity (Wildman–Crippen MR) is 80.7 cm³/mol. The minimum atomic E-state index is 0.669. The molecule has 0 aliphatic heterocycles. The molecule has 0 amide bonds. The second-order valence-electron chi connectivity index (χ2n) is 4.66. The summed E-state index contributed by atoms with van der Waals surface area (Å²) < 4.78 is 0.964. The van der Waals surface area contributed by atoms with Crippen molar-refractivity contribution >= 4 is 50.0 Å². The lowest BCUT2D eigenvalue weighted by Gasteiger charge is -2.12. The first kappa shape index (κ1) is 12.7. The van der Waals surface area contributed by atoms with E-state index in [1.54, 1.807) is 0 Å². The SMILES string of the molecule is Clc1ccc(Br)c2c(Cl)c3c(nc12)CCCCC3. The molecular formula is C14H12BrCl2N. The molecule has 0 unspecified atom stereocenters. The van der Waals surface area contributed by atoms with Crippen LogP contribution in [0.1, 0.15) is 30.5 Å². The molecule has 1 nitrogen and oxygen atoms in total. The van der Waals surface area contributed by atoms with Crippen molar-refractivity contribution in [2.75, 3.05) is 0 Å². The second-order valence-corrected chi connectivity index (χ2v) is 6.30. The van der Waals surface area contributed by atoms with Crippen LogP contribution in [-0.4, -0.2) is 4.98 Å². The number of benzene rings is 1. The van der Waals surface area contributed by atoms with E-state index >= 15 is 0 Å². The Kier molecular flexibility index (Phi) is 3.52. The fraction of sp³-hybridized carbons (Fsp3) is 0.357. The zero-order valence-corrected chi connectivity index (χ0v) is 12.9. The zero-order valence-electron chi connectivity index (χ0n) is 9.77. The molecule has 0 atom stereocenters. The van der Waals surface area contributed by atoms with Crippen molar-refractivity contribution in [2.45, 2.75) is 32.1 Å². The number of aryl methyl sites for hydroxylation is 1. The molecule has 1 aliphatic rings. The minimum Gasteiger partial charge on any atom is -0.251 e. The lowest BCUT2D eigenvalue weighted by Crippen LogP contribution is -1.99. The first-order valence-corrected chi connectivity index (χ1v) is 7.68. The van der Waals surface area contributed by atoms with Crippen molar-refractivity contribution in [3.63, 3.8) is 0 Å². The molecular weight excluding hydrogens is 333 g/mol. The highest BCUT2D eigenvalue weighted by molar-refractivity contribution is 9.10. The number of rotatable bonds is 0. The van der Waals surface area contributed by atoms with Crippen molar-refractivity contribution in [3.8, 4) is 0 Å². The number of hydrogen-bond donors (Lipinski definition) is 0. The van der Waals surface area contributed by atoms with Crippen LogP contribution in [0.5, 0.6) is 0 Å². The topological polar surface area (TPSA) is 12.9 Å². The summed E-state index contributed by atoms with van der Waals surface area (Å²) in [4.78, 5) is 4.75. The lowest BCUT2D eigenvalue weighted by atomic mass is 10.1. The highest BCUT2D eigenvalue weighted by Gasteiger charge is 2.18. The summed E-state index contributed by atoms with van der Waals surface area (Å²) in [6.07, 6.45) is 5.66. The second kappa shape index (κ2) is 4.99. The van der Waals surface area contributed by atoms with Crippen LogP contribution in [0.25, 0.3) is 10.9 Å². The molecule has 0 radical (unpaired) electrons. The number of aromatic nitrogens is 1. The van der Waals surface area contributed by atoms with E-state index in [-0.39, 0.29) is 0 Å². The van der Waals surface area contributed by atoms with E-state index < -0.39 is 0 Å². The Bertz CT molecular complexity index is 625. The highest BCUT2D eigenvalue weighted by Crippen LogP contribution is 2.38. The molecule has 1 aromatic heterocycles. The third-order valence-electron chi connectivity index (χ3n) is 3.50. The summed E-state index contributed by atoms with van der Waals surface area (Å²) in [6, 6.07) is 3.79. The van der Waals surface area contributed by atoms with Gasteiger partial charge in [0.15, 0.2) is 0 Å². The van der Waals surface area contributed by atoms with E-state index in [1.165, 1.54) is 24.8 Å². The summed E-state index contributed by atoms with van der Waals surface area (Å²) in [6.45, 7) is 0. The molecule has 0 saturated carbocycles. The summed E-state index contributed by atoms with van der Waals surface area (Å²) in [5, 5.41) is 2.44. The van der Waals surface area contributed by atoms with E-state index in [4.69, 9.17) is 28.2 Å². The van der Waals surface area contributed by atoms with E-state index in [0.717, 1.165) is 38.9 Å². The van der Waals surface area contributed by atoms with Gasteiger partial charge < -0.3 is 0 Å². The van der Waals surface area contributed by atoms with Gasteiger partial charge in [-0.05, 0) is 43.4 Å². The molecule has 1 aliphatic carbocycles. The van der Waals surface area contributed by atoms with Crippen LogP contribution in [0.4, 0.5) is 0 Å². The number of nitrogens with zero attached hydrogens (tertiary/aromatic N) is 1. The number of halogens is 3. The zero-order chi connectivity index (χ0) is 12.7. The van der Waals surface area contributed by atoms with Gasteiger partial charge in [0.05, 0.1) is 15.6 Å². The van der Waals surface area contributed by atoms with Crippen LogP contribution >= 0.6 is 39.1 Å². The minimum absolute atomic E-state index is 0.669. The average molecular weight is 345 g/mol. The molecule has 2 aromatic rings. The molecule has 4 heteroatoms. The summed E-state index contributed by atoms with van der Waals surface area (Å²) >= 11 is 16.4. The Hall–Kier alpha value is -0.310. The van der Waals surface area contributed by atoms with Crippen molar-refractivity contribution < 1.29 is 0 Å². The number of hydrogen-bond acceptors (Lipinski definition) is 1. The van der Waals surface area contributed by atoms with Gasteiger partial charge in [-0.1, -0.05) is 45.6 Å². The normalized spacial score (nSPS) is 15.5. The van der Waals surface area contributed by atoms with Crippen molar-refractivity contribution in [1.82, 2.24) is 4.98 Å². The molecule has 1 aromatic carbocycles. The van der Waals surface area contributed by atoms with Gasteiger partial charge in [0, 0.05) is 15.6 Å². The largest absolute Gasteiger partial charge is 0.251 e. The van der Waals surface area contributed by atoms with Crippen LogP contribution < -0.4 is 0 Å². The number of pyridine rings is 1. The summed E-state index contributed by atoms with van der Waals surface area (Å²) in [7, 11) is 0. The van der Waals surface area contributed by atoms with Gasteiger partial charge >= 0.3 is 0 Å². The molecule has 3 rings (SSSR count). The Labute approximate surface area is 125 Å². The van der Waals surface area contributed by atoms with Crippen molar-refractivity contribution in [2.24, 2.45) is 0 Å². The first-order valence-electron chi connectivity index (χ1n) is 6.13. The van der Waals surface area contributed by atoms with Crippen molar-refractivity contribution in [3.05, 3.63) is 37.9 Å². The van der Waals surface area contributed by atoms with Gasteiger partial charge in [0.1, 0.15) is 0 Å². The Morgan fingerprint density at radius 1 is 1.06 bits per heavy atom. The van der Waals surface area contributed by atoms with E-state index in [9.17, 15) is 0 Å². The molecule has 94 valence electrons. The Morgan fingerprint density at radius 3 is 2.67 bits per heavy atom. The molecule has 0 spiro atoms. The van der Waals surface area contributed by atoms with Gasteiger partial charge in [0.25, 0.3) is 0 Å². The molecule has 0 fully saturated rings. The highest BCUT2D eigenvalue weighted by atomic mass is 79.9.